The van der Waals surface area contributed by atoms with Crippen molar-refractivity contribution in [3.8, 4) is 5.75 Å². The molecule has 2 aromatic carbocycles. The van der Waals surface area contributed by atoms with Gasteiger partial charge in [-0.05, 0) is 50.4 Å². The van der Waals surface area contributed by atoms with Crippen LogP contribution in [0.15, 0.2) is 48.7 Å². The van der Waals surface area contributed by atoms with Gasteiger partial charge in [-0.1, -0.05) is 23.7 Å². The zero-order chi connectivity index (χ0) is 30.6. The van der Waals surface area contributed by atoms with Crippen LogP contribution in [-0.2, 0) is 9.36 Å². The summed E-state index contributed by atoms with van der Waals surface area (Å²) in [6.07, 6.45) is 3.64. The molecule has 11 nitrogen and oxygen atoms in total. The number of carboxylic acid groups (broad SMARTS) is 1. The number of piperidine rings is 1. The van der Waals surface area contributed by atoms with Crippen molar-refractivity contribution >= 4 is 58.8 Å². The summed E-state index contributed by atoms with van der Waals surface area (Å²) in [4.78, 5) is 26.9. The molecule has 0 aliphatic carbocycles. The number of carbonyl (C=O) groups is 1. The van der Waals surface area contributed by atoms with Crippen molar-refractivity contribution in [1.29, 1.82) is 0 Å². The standard InChI is InChI=1S/C30H39ClN7O4P/c1-42-26-18-22(37-12-10-21(11-13-37)38-16-14-36(15-17-38)20-28(39)40)8-9-24(26)34-30-32-19-23(31)29(35-30)33-25-6-4-5-7-27(25)43(2,3)41/h4-9,18-19,21H,10-17,20H2,1-3H3,(H,39,40)(H2,32,33,34,35). The summed E-state index contributed by atoms with van der Waals surface area (Å²) in [6, 6.07) is 14.0. The molecule has 0 amide bonds. The molecule has 3 aromatic rings. The molecular weight excluding hydrogens is 589 g/mol. The van der Waals surface area contributed by atoms with E-state index in [2.05, 4.69) is 36.5 Å². The molecule has 0 unspecified atom stereocenters. The summed E-state index contributed by atoms with van der Waals surface area (Å²) in [5.74, 6) is 0.660. The maximum atomic E-state index is 12.8. The fourth-order valence-electron chi connectivity index (χ4n) is 5.76. The minimum atomic E-state index is -2.53. The number of nitrogens with zero attached hydrogens (tertiary/aromatic N) is 5. The fourth-order valence-corrected chi connectivity index (χ4v) is 7.05. The zero-order valence-corrected chi connectivity index (χ0v) is 26.4. The Morgan fingerprint density at radius 2 is 1.77 bits per heavy atom. The number of halogens is 1. The monoisotopic (exact) mass is 627 g/mol. The van der Waals surface area contributed by atoms with Crippen molar-refractivity contribution in [3.63, 3.8) is 0 Å². The predicted molar refractivity (Wildman–Crippen MR) is 173 cm³/mol. The van der Waals surface area contributed by atoms with E-state index in [-0.39, 0.29) is 6.54 Å². The van der Waals surface area contributed by atoms with Crippen LogP contribution in [-0.4, -0.2) is 103 Å². The van der Waals surface area contributed by atoms with Gasteiger partial charge in [0.1, 0.15) is 17.9 Å². The number of hydrogen-bond donors (Lipinski definition) is 3. The molecule has 0 atom stereocenters. The fraction of sp³-hybridized carbons (Fsp3) is 0.433. The highest BCUT2D eigenvalue weighted by Crippen LogP contribution is 2.39. The minimum absolute atomic E-state index is 0.123. The van der Waals surface area contributed by atoms with Gasteiger partial charge in [0, 0.05) is 62.4 Å². The van der Waals surface area contributed by atoms with Gasteiger partial charge in [0.05, 0.1) is 31.2 Å². The normalized spacial score (nSPS) is 17.1. The predicted octanol–water partition coefficient (Wildman–Crippen LogP) is 4.54. The lowest BCUT2D eigenvalue weighted by Gasteiger charge is -2.43. The molecule has 0 bridgehead atoms. The lowest BCUT2D eigenvalue weighted by molar-refractivity contribution is -0.138. The van der Waals surface area contributed by atoms with Crippen LogP contribution in [0.5, 0.6) is 5.75 Å². The Kier molecular flexibility index (Phi) is 9.76. The van der Waals surface area contributed by atoms with Gasteiger partial charge < -0.3 is 29.9 Å². The maximum Gasteiger partial charge on any atom is 0.317 e. The second kappa shape index (κ2) is 13.5. The van der Waals surface area contributed by atoms with Crippen molar-refractivity contribution in [3.05, 3.63) is 53.7 Å². The third kappa shape index (κ3) is 7.78. The number of piperazine rings is 1. The van der Waals surface area contributed by atoms with E-state index in [1.165, 1.54) is 6.20 Å². The lowest BCUT2D eigenvalue weighted by Crippen LogP contribution is -2.53. The van der Waals surface area contributed by atoms with E-state index in [9.17, 15) is 9.36 Å². The third-order valence-electron chi connectivity index (χ3n) is 8.02. The van der Waals surface area contributed by atoms with Crippen molar-refractivity contribution in [2.45, 2.75) is 18.9 Å². The number of rotatable bonds is 10. The Hall–Kier alpha value is -3.37. The van der Waals surface area contributed by atoms with Crippen molar-refractivity contribution in [2.24, 2.45) is 0 Å². The third-order valence-corrected chi connectivity index (χ3v) is 9.85. The molecule has 2 aliphatic heterocycles. The number of para-hydroxylation sites is 1. The number of ether oxygens (including phenoxy) is 1. The second-order valence-electron chi connectivity index (χ2n) is 11.3. The van der Waals surface area contributed by atoms with Gasteiger partial charge in [0.2, 0.25) is 5.95 Å². The Morgan fingerprint density at radius 3 is 2.44 bits per heavy atom. The first-order chi connectivity index (χ1) is 20.6. The first-order valence-electron chi connectivity index (χ1n) is 14.4. The Labute approximate surface area is 257 Å². The van der Waals surface area contributed by atoms with Crippen LogP contribution in [0, 0.1) is 0 Å². The van der Waals surface area contributed by atoms with Gasteiger partial charge in [-0.25, -0.2) is 4.98 Å². The molecule has 2 aliphatic rings. The molecule has 230 valence electrons. The smallest absolute Gasteiger partial charge is 0.317 e. The van der Waals surface area contributed by atoms with Crippen LogP contribution >= 0.6 is 18.7 Å². The molecule has 5 rings (SSSR count). The van der Waals surface area contributed by atoms with Crippen LogP contribution in [0.4, 0.5) is 28.8 Å². The average Bonchev–Trinajstić information content (AvgIpc) is 2.99. The Balaban J connectivity index is 1.22. The van der Waals surface area contributed by atoms with Crippen molar-refractivity contribution in [1.82, 2.24) is 19.8 Å². The average molecular weight is 628 g/mol. The SMILES string of the molecule is COc1cc(N2CCC(N3CCN(CC(=O)O)CC3)CC2)ccc1Nc1ncc(Cl)c(Nc2ccccc2P(C)(C)=O)n1. The first-order valence-corrected chi connectivity index (χ1v) is 17.4. The molecule has 3 N–H and O–H groups in total. The van der Waals surface area contributed by atoms with Gasteiger partial charge in [0.15, 0.2) is 5.82 Å². The Morgan fingerprint density at radius 1 is 1.05 bits per heavy atom. The summed E-state index contributed by atoms with van der Waals surface area (Å²) in [6.45, 7) is 8.91. The van der Waals surface area contributed by atoms with Crippen molar-refractivity contribution in [2.75, 3.05) is 81.8 Å². The quantitative estimate of drug-likeness (QED) is 0.275. The van der Waals surface area contributed by atoms with E-state index < -0.39 is 13.1 Å². The number of aromatic nitrogens is 2. The molecular formula is C30H39ClN7O4P. The van der Waals surface area contributed by atoms with Gasteiger partial charge in [-0.2, -0.15) is 4.98 Å². The molecule has 1 aromatic heterocycles. The number of benzene rings is 2. The van der Waals surface area contributed by atoms with E-state index in [0.29, 0.717) is 34.3 Å². The van der Waals surface area contributed by atoms with Crippen LogP contribution < -0.4 is 25.6 Å². The highest BCUT2D eigenvalue weighted by Gasteiger charge is 2.28. The molecule has 0 spiro atoms. The minimum Gasteiger partial charge on any atom is -0.494 e. The highest BCUT2D eigenvalue weighted by molar-refractivity contribution is 7.70. The van der Waals surface area contributed by atoms with Crippen LogP contribution in [0.2, 0.25) is 5.02 Å². The molecule has 0 radical (unpaired) electrons. The van der Waals surface area contributed by atoms with Crippen LogP contribution in [0.3, 0.4) is 0 Å². The maximum absolute atomic E-state index is 12.8. The lowest BCUT2D eigenvalue weighted by atomic mass is 10.0. The topological polar surface area (TPSA) is 123 Å². The van der Waals surface area contributed by atoms with Crippen LogP contribution in [0.1, 0.15) is 12.8 Å². The largest absolute Gasteiger partial charge is 0.494 e. The van der Waals surface area contributed by atoms with Gasteiger partial charge >= 0.3 is 5.97 Å². The van der Waals surface area contributed by atoms with E-state index in [4.69, 9.17) is 21.4 Å². The second-order valence-corrected chi connectivity index (χ2v) is 14.9. The molecule has 2 fully saturated rings. The van der Waals surface area contributed by atoms with Crippen molar-refractivity contribution < 1.29 is 19.2 Å². The summed E-state index contributed by atoms with van der Waals surface area (Å²) < 4.78 is 18.5. The highest BCUT2D eigenvalue weighted by atomic mass is 35.5. The van der Waals surface area contributed by atoms with Gasteiger partial charge in [-0.15, -0.1) is 0 Å². The molecule has 43 heavy (non-hydrogen) atoms. The number of carboxylic acids is 1. The van der Waals surface area contributed by atoms with E-state index in [1.54, 1.807) is 20.4 Å². The van der Waals surface area contributed by atoms with E-state index in [0.717, 1.165) is 68.8 Å². The summed E-state index contributed by atoms with van der Waals surface area (Å²) >= 11 is 6.42. The number of nitrogens with one attached hydrogen (secondary N) is 2. The van der Waals surface area contributed by atoms with Gasteiger partial charge in [0.25, 0.3) is 0 Å². The molecule has 13 heteroatoms. The number of hydrogen-bond acceptors (Lipinski definition) is 10. The summed E-state index contributed by atoms with van der Waals surface area (Å²) in [7, 11) is -0.887. The molecule has 3 heterocycles. The summed E-state index contributed by atoms with van der Waals surface area (Å²) in [5, 5.41) is 16.6. The molecule has 0 saturated carbocycles. The van der Waals surface area contributed by atoms with E-state index >= 15 is 0 Å². The van der Waals surface area contributed by atoms with Gasteiger partial charge in [-0.3, -0.25) is 14.6 Å². The van der Waals surface area contributed by atoms with Crippen LogP contribution in [0.25, 0.3) is 0 Å². The van der Waals surface area contributed by atoms with E-state index in [1.807, 2.05) is 41.3 Å². The Bertz CT molecular complexity index is 1490. The number of aliphatic carboxylic acids is 1. The molecule has 2 saturated heterocycles. The number of anilines is 5. The summed E-state index contributed by atoms with van der Waals surface area (Å²) in [5.41, 5.74) is 2.50. The number of methoxy groups -OCH3 is 1. The first kappa shape index (κ1) is 31.1. The zero-order valence-electron chi connectivity index (χ0n) is 24.8.